The molecule has 3 saturated heterocycles. The molecule has 0 bridgehead atoms. The van der Waals surface area contributed by atoms with E-state index in [0.29, 0.717) is 44.5 Å². The van der Waals surface area contributed by atoms with Gasteiger partial charge in [0.25, 0.3) is 0 Å². The minimum atomic E-state index is -0.133. The molecule has 3 aliphatic rings. The summed E-state index contributed by atoms with van der Waals surface area (Å²) in [5.74, 6) is 0.989. The molecule has 24 heavy (non-hydrogen) atoms. The van der Waals surface area contributed by atoms with Crippen LogP contribution in [0.4, 0.5) is 4.79 Å². The molecule has 0 saturated carbocycles. The number of fused-ring (bicyclic) bond motifs is 1. The minimum Gasteiger partial charge on any atom is -0.378 e. The summed E-state index contributed by atoms with van der Waals surface area (Å²) >= 11 is 0. The molecule has 136 valence electrons. The van der Waals surface area contributed by atoms with Crippen molar-refractivity contribution in [2.45, 2.75) is 58.2 Å². The number of hydrogen-bond acceptors (Lipinski definition) is 4. The fraction of sp³-hybridized carbons (Fsp3) is 0.889. The van der Waals surface area contributed by atoms with Gasteiger partial charge in [-0.2, -0.15) is 0 Å². The van der Waals surface area contributed by atoms with Gasteiger partial charge >= 0.3 is 6.03 Å². The van der Waals surface area contributed by atoms with Crippen LogP contribution in [0.2, 0.25) is 0 Å². The van der Waals surface area contributed by atoms with Gasteiger partial charge in [0.15, 0.2) is 0 Å². The zero-order valence-electron chi connectivity index (χ0n) is 14.9. The number of ether oxygens (including phenoxy) is 2. The van der Waals surface area contributed by atoms with Crippen molar-refractivity contribution in [2.75, 3.05) is 32.8 Å². The van der Waals surface area contributed by atoms with Crippen molar-refractivity contribution < 1.29 is 19.1 Å². The number of carbonyl (C=O) groups is 2. The molecular formula is C18H30N2O4. The molecule has 0 aromatic carbocycles. The predicted octanol–water partition coefficient (Wildman–Crippen LogP) is 2.27. The van der Waals surface area contributed by atoms with Gasteiger partial charge in [0.1, 0.15) is 0 Å². The lowest BCUT2D eigenvalue weighted by molar-refractivity contribution is -0.131. The lowest BCUT2D eigenvalue weighted by Crippen LogP contribution is -2.54. The normalized spacial score (nSPS) is 31.7. The molecule has 6 nitrogen and oxygen atoms in total. The number of nitrogens with zero attached hydrogens (tertiary/aromatic N) is 2. The van der Waals surface area contributed by atoms with Gasteiger partial charge in [0.05, 0.1) is 25.4 Å². The first-order valence-electron chi connectivity index (χ1n) is 9.41. The van der Waals surface area contributed by atoms with E-state index in [1.807, 2.05) is 0 Å². The molecule has 3 aliphatic heterocycles. The second-order valence-corrected chi connectivity index (χ2v) is 7.54. The van der Waals surface area contributed by atoms with Gasteiger partial charge in [-0.25, -0.2) is 4.79 Å². The molecule has 0 radical (unpaired) electrons. The van der Waals surface area contributed by atoms with E-state index in [1.165, 1.54) is 4.90 Å². The van der Waals surface area contributed by atoms with E-state index in [4.69, 9.17) is 9.47 Å². The maximum Gasteiger partial charge on any atom is 0.326 e. The summed E-state index contributed by atoms with van der Waals surface area (Å²) in [4.78, 5) is 28.1. The molecule has 3 rings (SSSR count). The second kappa shape index (κ2) is 7.83. The van der Waals surface area contributed by atoms with Crippen LogP contribution in [0.5, 0.6) is 0 Å². The van der Waals surface area contributed by atoms with Crippen molar-refractivity contribution in [3.05, 3.63) is 0 Å². The maximum atomic E-state index is 12.7. The summed E-state index contributed by atoms with van der Waals surface area (Å²) in [6.45, 7) is 7.46. The van der Waals surface area contributed by atoms with Crippen LogP contribution in [-0.2, 0) is 14.3 Å². The van der Waals surface area contributed by atoms with Crippen molar-refractivity contribution in [3.63, 3.8) is 0 Å². The highest BCUT2D eigenvalue weighted by molar-refractivity contribution is 5.96. The monoisotopic (exact) mass is 338 g/mol. The van der Waals surface area contributed by atoms with Crippen LogP contribution in [0.25, 0.3) is 0 Å². The molecule has 0 aromatic heterocycles. The number of rotatable bonds is 7. The van der Waals surface area contributed by atoms with Gasteiger partial charge in [-0.05, 0) is 18.8 Å². The van der Waals surface area contributed by atoms with Crippen molar-refractivity contribution >= 4 is 11.9 Å². The SMILES string of the molecule is CCCC(C)CCN1C(=O)CCN(CC2C[C@@H]3COC[C@@H]3O2)C1=O. The lowest BCUT2D eigenvalue weighted by Gasteiger charge is -2.35. The topological polar surface area (TPSA) is 59.1 Å². The molecule has 4 atom stereocenters. The highest BCUT2D eigenvalue weighted by Gasteiger charge is 2.41. The second-order valence-electron chi connectivity index (χ2n) is 7.54. The first-order valence-corrected chi connectivity index (χ1v) is 9.41. The third kappa shape index (κ3) is 3.91. The Kier molecular flexibility index (Phi) is 5.76. The van der Waals surface area contributed by atoms with Crippen molar-refractivity contribution in [1.82, 2.24) is 9.80 Å². The van der Waals surface area contributed by atoms with Gasteiger partial charge in [0, 0.05) is 32.0 Å². The summed E-state index contributed by atoms with van der Waals surface area (Å²) in [7, 11) is 0. The highest BCUT2D eigenvalue weighted by atomic mass is 16.6. The predicted molar refractivity (Wildman–Crippen MR) is 89.6 cm³/mol. The van der Waals surface area contributed by atoms with Crippen LogP contribution in [0, 0.1) is 11.8 Å². The van der Waals surface area contributed by atoms with Crippen LogP contribution in [0.15, 0.2) is 0 Å². The molecule has 3 amide bonds. The lowest BCUT2D eigenvalue weighted by atomic mass is 10.0. The molecule has 2 unspecified atom stereocenters. The average molecular weight is 338 g/mol. The summed E-state index contributed by atoms with van der Waals surface area (Å²) in [5, 5.41) is 0. The Morgan fingerprint density at radius 3 is 2.83 bits per heavy atom. The van der Waals surface area contributed by atoms with E-state index >= 15 is 0 Å². The van der Waals surface area contributed by atoms with E-state index in [1.54, 1.807) is 4.90 Å². The number of amides is 3. The quantitative estimate of drug-likeness (QED) is 0.714. The van der Waals surface area contributed by atoms with E-state index in [9.17, 15) is 9.59 Å². The van der Waals surface area contributed by atoms with Crippen LogP contribution in [-0.4, -0.2) is 66.8 Å². The smallest absolute Gasteiger partial charge is 0.326 e. The van der Waals surface area contributed by atoms with Gasteiger partial charge in [-0.3, -0.25) is 9.69 Å². The Labute approximate surface area is 144 Å². The first kappa shape index (κ1) is 17.7. The molecule has 0 aliphatic carbocycles. The van der Waals surface area contributed by atoms with Crippen LogP contribution in [0.1, 0.15) is 46.0 Å². The van der Waals surface area contributed by atoms with E-state index in [0.717, 1.165) is 32.3 Å². The van der Waals surface area contributed by atoms with Crippen LogP contribution >= 0.6 is 0 Å². The summed E-state index contributed by atoms with van der Waals surface area (Å²) in [5.41, 5.74) is 0. The van der Waals surface area contributed by atoms with Gasteiger partial charge < -0.3 is 14.4 Å². The maximum absolute atomic E-state index is 12.7. The molecule has 3 heterocycles. The Hall–Kier alpha value is -1.14. The van der Waals surface area contributed by atoms with Crippen molar-refractivity contribution in [2.24, 2.45) is 11.8 Å². The minimum absolute atomic E-state index is 0.0300. The standard InChI is InChI=1S/C18H30N2O4/c1-3-4-13(2)5-8-20-17(21)6-7-19(18(20)22)10-15-9-14-11-23-12-16(14)24-15/h13-16H,3-12H2,1-2H3/t13?,14-,15?,16+/m1/s1. The largest absolute Gasteiger partial charge is 0.378 e. The summed E-state index contributed by atoms with van der Waals surface area (Å²) in [6, 6.07) is -0.133. The molecule has 0 spiro atoms. The number of imide groups is 1. The molecular weight excluding hydrogens is 308 g/mol. The Morgan fingerprint density at radius 1 is 1.25 bits per heavy atom. The van der Waals surface area contributed by atoms with Crippen LogP contribution < -0.4 is 0 Å². The molecule has 6 heteroatoms. The zero-order valence-corrected chi connectivity index (χ0v) is 14.9. The molecule has 0 N–H and O–H groups in total. The Bertz CT molecular complexity index is 458. The van der Waals surface area contributed by atoms with E-state index < -0.39 is 0 Å². The third-order valence-corrected chi connectivity index (χ3v) is 5.52. The third-order valence-electron chi connectivity index (χ3n) is 5.52. The highest BCUT2D eigenvalue weighted by Crippen LogP contribution is 2.32. The zero-order chi connectivity index (χ0) is 17.1. The summed E-state index contributed by atoms with van der Waals surface area (Å²) in [6.07, 6.45) is 4.83. The first-order chi connectivity index (χ1) is 11.6. The number of hydrogen-bond donors (Lipinski definition) is 0. The Morgan fingerprint density at radius 2 is 2.08 bits per heavy atom. The molecule has 3 fully saturated rings. The van der Waals surface area contributed by atoms with Gasteiger partial charge in [0.2, 0.25) is 5.91 Å². The Balaban J connectivity index is 1.51. The van der Waals surface area contributed by atoms with Crippen molar-refractivity contribution in [1.29, 1.82) is 0 Å². The fourth-order valence-electron chi connectivity index (χ4n) is 4.07. The van der Waals surface area contributed by atoms with Gasteiger partial charge in [-0.15, -0.1) is 0 Å². The van der Waals surface area contributed by atoms with Crippen molar-refractivity contribution in [3.8, 4) is 0 Å². The average Bonchev–Trinajstić information content (AvgIpc) is 3.11. The van der Waals surface area contributed by atoms with Crippen LogP contribution in [0.3, 0.4) is 0 Å². The van der Waals surface area contributed by atoms with E-state index in [2.05, 4.69) is 13.8 Å². The van der Waals surface area contributed by atoms with E-state index in [-0.39, 0.29) is 24.1 Å². The number of urea groups is 1. The summed E-state index contributed by atoms with van der Waals surface area (Å²) < 4.78 is 11.4. The molecule has 0 aromatic rings. The number of carbonyl (C=O) groups excluding carboxylic acids is 2. The fourth-order valence-corrected chi connectivity index (χ4v) is 4.07. The van der Waals surface area contributed by atoms with Gasteiger partial charge in [-0.1, -0.05) is 26.7 Å².